The summed E-state index contributed by atoms with van der Waals surface area (Å²) in [6.45, 7) is 2.12. The summed E-state index contributed by atoms with van der Waals surface area (Å²) in [6.07, 6.45) is 0. The number of nitrogens with one attached hydrogen (secondary N) is 1. The highest BCUT2D eigenvalue weighted by atomic mass is 79.9. The molecule has 3 amide bonds. The first kappa shape index (κ1) is 14.3. The molecule has 1 aromatic rings. The number of carbonyl (C=O) groups excluding carboxylic acids is 2. The van der Waals surface area contributed by atoms with Crippen LogP contribution in [0.15, 0.2) is 21.1 Å². The summed E-state index contributed by atoms with van der Waals surface area (Å²) in [5.41, 5.74) is 0.664. The number of halogens is 2. The highest BCUT2D eigenvalue weighted by Gasteiger charge is 2.31. The Morgan fingerprint density at radius 2 is 2.00 bits per heavy atom. The van der Waals surface area contributed by atoms with Gasteiger partial charge >= 0.3 is 6.03 Å². The number of imide groups is 1. The van der Waals surface area contributed by atoms with E-state index in [-0.39, 0.29) is 11.8 Å². The van der Waals surface area contributed by atoms with E-state index in [9.17, 15) is 9.59 Å². The third-order valence-electron chi connectivity index (χ3n) is 2.89. The lowest BCUT2D eigenvalue weighted by Gasteiger charge is -2.31. The summed E-state index contributed by atoms with van der Waals surface area (Å²) in [5.74, 6) is 0.122. The average molecular weight is 392 g/mol. The van der Waals surface area contributed by atoms with Gasteiger partial charge in [0.15, 0.2) is 0 Å². The van der Waals surface area contributed by atoms with E-state index in [1.165, 1.54) is 4.90 Å². The van der Waals surface area contributed by atoms with E-state index in [2.05, 4.69) is 37.2 Å². The Hall–Kier alpha value is -1.08. The zero-order valence-electron chi connectivity index (χ0n) is 10.4. The Kier molecular flexibility index (Phi) is 4.15. The van der Waals surface area contributed by atoms with Gasteiger partial charge in [-0.15, -0.1) is 0 Å². The minimum absolute atomic E-state index is 0.249. The molecule has 1 N–H and O–H groups in total. The molecule has 5 nitrogen and oxygen atoms in total. The number of urea groups is 1. The van der Waals surface area contributed by atoms with Gasteiger partial charge in [0.05, 0.1) is 23.2 Å². The molecule has 0 spiro atoms. The summed E-state index contributed by atoms with van der Waals surface area (Å²) in [7, 11) is 1.56. The van der Waals surface area contributed by atoms with E-state index in [1.807, 2.05) is 6.07 Å². The zero-order chi connectivity index (χ0) is 14.2. The molecule has 1 aliphatic heterocycles. The second kappa shape index (κ2) is 5.50. The van der Waals surface area contributed by atoms with E-state index >= 15 is 0 Å². The number of anilines is 1. The van der Waals surface area contributed by atoms with Crippen LogP contribution in [0, 0.1) is 5.92 Å². The first-order valence-electron chi connectivity index (χ1n) is 5.59. The Labute approximate surface area is 127 Å². The number of amides is 3. The SMILES string of the molecule is COc1cc(N2CC(C)C(=O)NC2=O)c(Br)cc1Br. The number of nitrogens with zero attached hydrogens (tertiary/aromatic N) is 1. The topological polar surface area (TPSA) is 58.6 Å². The Balaban J connectivity index is 2.41. The molecule has 1 aromatic carbocycles. The van der Waals surface area contributed by atoms with Gasteiger partial charge in [-0.25, -0.2) is 4.79 Å². The number of hydrogen-bond acceptors (Lipinski definition) is 3. The molecule has 1 aliphatic rings. The standard InChI is InChI=1S/C12H12Br2N2O3/c1-6-5-16(12(18)15-11(6)17)9-4-10(19-2)8(14)3-7(9)13/h3-4,6H,5H2,1-2H3,(H,15,17,18). The number of ether oxygens (including phenoxy) is 1. The van der Waals surface area contributed by atoms with Crippen molar-refractivity contribution in [2.75, 3.05) is 18.6 Å². The maximum atomic E-state index is 11.9. The van der Waals surface area contributed by atoms with Crippen molar-refractivity contribution >= 4 is 49.5 Å². The van der Waals surface area contributed by atoms with Crippen molar-refractivity contribution in [2.45, 2.75) is 6.92 Å². The molecule has 1 saturated heterocycles. The van der Waals surface area contributed by atoms with Crippen molar-refractivity contribution in [3.8, 4) is 5.75 Å². The summed E-state index contributed by atoms with van der Waals surface area (Å²) in [6, 6.07) is 3.13. The van der Waals surface area contributed by atoms with E-state index in [1.54, 1.807) is 20.1 Å². The molecule has 0 bridgehead atoms. The molecule has 2 rings (SSSR count). The van der Waals surface area contributed by atoms with Gasteiger partial charge in [-0.1, -0.05) is 6.92 Å². The van der Waals surface area contributed by atoms with Crippen LogP contribution in [0.1, 0.15) is 6.92 Å². The van der Waals surface area contributed by atoms with Gasteiger partial charge in [-0.3, -0.25) is 15.0 Å². The molecule has 7 heteroatoms. The molecule has 0 saturated carbocycles. The van der Waals surface area contributed by atoms with Crippen molar-refractivity contribution in [2.24, 2.45) is 5.92 Å². The first-order chi connectivity index (χ1) is 8.93. The lowest BCUT2D eigenvalue weighted by atomic mass is 10.1. The Morgan fingerprint density at radius 1 is 1.32 bits per heavy atom. The van der Waals surface area contributed by atoms with Gasteiger partial charge in [0, 0.05) is 17.1 Å². The van der Waals surface area contributed by atoms with Crippen molar-refractivity contribution in [1.29, 1.82) is 0 Å². The number of hydrogen-bond donors (Lipinski definition) is 1. The fourth-order valence-corrected chi connectivity index (χ4v) is 3.20. The monoisotopic (exact) mass is 390 g/mol. The average Bonchev–Trinajstić information content (AvgIpc) is 2.35. The van der Waals surface area contributed by atoms with Gasteiger partial charge < -0.3 is 4.74 Å². The fraction of sp³-hybridized carbons (Fsp3) is 0.333. The van der Waals surface area contributed by atoms with Crippen LogP contribution < -0.4 is 15.0 Å². The van der Waals surface area contributed by atoms with Crippen molar-refractivity contribution in [1.82, 2.24) is 5.32 Å². The number of benzene rings is 1. The minimum Gasteiger partial charge on any atom is -0.495 e. The lowest BCUT2D eigenvalue weighted by molar-refractivity contribution is -0.123. The van der Waals surface area contributed by atoms with Crippen LogP contribution in [0.3, 0.4) is 0 Å². The quantitative estimate of drug-likeness (QED) is 0.843. The first-order valence-corrected chi connectivity index (χ1v) is 7.18. The zero-order valence-corrected chi connectivity index (χ0v) is 13.5. The Morgan fingerprint density at radius 3 is 2.63 bits per heavy atom. The third-order valence-corrected chi connectivity index (χ3v) is 4.15. The fourth-order valence-electron chi connectivity index (χ4n) is 1.83. The van der Waals surface area contributed by atoms with E-state index in [4.69, 9.17) is 4.74 Å². The van der Waals surface area contributed by atoms with Crippen LogP contribution >= 0.6 is 31.9 Å². The smallest absolute Gasteiger partial charge is 0.328 e. The molecule has 0 radical (unpaired) electrons. The summed E-state index contributed by atoms with van der Waals surface area (Å²) < 4.78 is 6.75. The molecular formula is C12H12Br2N2O3. The second-order valence-electron chi connectivity index (χ2n) is 4.24. The van der Waals surface area contributed by atoms with Gasteiger partial charge in [0.1, 0.15) is 5.75 Å². The molecule has 102 valence electrons. The van der Waals surface area contributed by atoms with Crippen LogP contribution in [0.2, 0.25) is 0 Å². The highest BCUT2D eigenvalue weighted by molar-refractivity contribution is 9.11. The van der Waals surface area contributed by atoms with E-state index in [0.29, 0.717) is 18.0 Å². The number of methoxy groups -OCH3 is 1. The van der Waals surface area contributed by atoms with Crippen molar-refractivity contribution in [3.63, 3.8) is 0 Å². The summed E-state index contributed by atoms with van der Waals surface area (Å²) in [4.78, 5) is 24.9. The van der Waals surface area contributed by atoms with Crippen LogP contribution in [-0.4, -0.2) is 25.6 Å². The second-order valence-corrected chi connectivity index (χ2v) is 5.95. The molecule has 0 aliphatic carbocycles. The highest BCUT2D eigenvalue weighted by Crippen LogP contribution is 2.37. The number of carbonyl (C=O) groups is 2. The predicted octanol–water partition coefficient (Wildman–Crippen LogP) is 2.91. The largest absolute Gasteiger partial charge is 0.495 e. The van der Waals surface area contributed by atoms with Crippen LogP contribution in [-0.2, 0) is 4.79 Å². The molecule has 0 aromatic heterocycles. The van der Waals surface area contributed by atoms with E-state index in [0.717, 1.165) is 8.95 Å². The van der Waals surface area contributed by atoms with Crippen LogP contribution in [0.25, 0.3) is 0 Å². The van der Waals surface area contributed by atoms with Crippen molar-refractivity contribution < 1.29 is 14.3 Å². The lowest BCUT2D eigenvalue weighted by Crippen LogP contribution is -2.54. The van der Waals surface area contributed by atoms with Crippen molar-refractivity contribution in [3.05, 3.63) is 21.1 Å². The predicted molar refractivity (Wildman–Crippen MR) is 78.4 cm³/mol. The van der Waals surface area contributed by atoms with Gasteiger partial charge in [0.2, 0.25) is 5.91 Å². The Bertz CT molecular complexity index is 548. The third kappa shape index (κ3) is 2.76. The maximum absolute atomic E-state index is 11.9. The molecular weight excluding hydrogens is 380 g/mol. The molecule has 1 fully saturated rings. The molecule has 1 atom stereocenters. The van der Waals surface area contributed by atoms with Gasteiger partial charge in [-0.2, -0.15) is 0 Å². The normalized spacial score (nSPS) is 19.4. The van der Waals surface area contributed by atoms with Crippen LogP contribution in [0.5, 0.6) is 5.75 Å². The molecule has 1 unspecified atom stereocenters. The molecule has 1 heterocycles. The van der Waals surface area contributed by atoms with Gasteiger partial charge in [0.25, 0.3) is 0 Å². The minimum atomic E-state index is -0.423. The van der Waals surface area contributed by atoms with Crippen LogP contribution in [0.4, 0.5) is 10.5 Å². The summed E-state index contributed by atoms with van der Waals surface area (Å²) >= 11 is 6.79. The number of rotatable bonds is 2. The maximum Gasteiger partial charge on any atom is 0.328 e. The van der Waals surface area contributed by atoms with E-state index < -0.39 is 6.03 Å². The van der Waals surface area contributed by atoms with Gasteiger partial charge in [-0.05, 0) is 37.9 Å². The molecule has 19 heavy (non-hydrogen) atoms. The summed E-state index contributed by atoms with van der Waals surface area (Å²) in [5, 5.41) is 2.33.